The van der Waals surface area contributed by atoms with Crippen molar-refractivity contribution in [3.63, 3.8) is 0 Å². The van der Waals surface area contributed by atoms with E-state index >= 15 is 0 Å². The van der Waals surface area contributed by atoms with Crippen LogP contribution in [-0.2, 0) is 9.47 Å². The zero-order valence-electron chi connectivity index (χ0n) is 11.5. The molecule has 0 saturated carbocycles. The van der Waals surface area contributed by atoms with Crippen molar-refractivity contribution in [3.05, 3.63) is 29.6 Å². The summed E-state index contributed by atoms with van der Waals surface area (Å²) in [5.74, 6) is 1.11. The van der Waals surface area contributed by atoms with Crippen molar-refractivity contribution in [1.82, 2.24) is 9.97 Å². The van der Waals surface area contributed by atoms with Crippen molar-refractivity contribution >= 4 is 17.0 Å². The van der Waals surface area contributed by atoms with Crippen molar-refractivity contribution in [3.8, 4) is 0 Å². The van der Waals surface area contributed by atoms with Gasteiger partial charge in [0, 0.05) is 19.1 Å². The molecule has 3 rings (SSSR count). The molecule has 2 heterocycles. The number of carbonyl (C=O) groups excluding carboxylic acids is 1. The van der Waals surface area contributed by atoms with E-state index < -0.39 is 0 Å². The molecular weight excluding hydrogens is 256 g/mol. The van der Waals surface area contributed by atoms with E-state index in [0.29, 0.717) is 18.1 Å². The lowest BCUT2D eigenvalue weighted by atomic mass is 10.00. The predicted molar refractivity (Wildman–Crippen MR) is 74.8 cm³/mol. The monoisotopic (exact) mass is 274 g/mol. The zero-order valence-corrected chi connectivity index (χ0v) is 11.5. The number of nitrogens with zero attached hydrogens (tertiary/aromatic N) is 1. The molecular formula is C15H18N2O3. The highest BCUT2D eigenvalue weighted by atomic mass is 16.5. The number of nitrogens with one attached hydrogen (secondary N) is 1. The van der Waals surface area contributed by atoms with Gasteiger partial charge < -0.3 is 14.5 Å². The van der Waals surface area contributed by atoms with Crippen molar-refractivity contribution in [1.29, 1.82) is 0 Å². The van der Waals surface area contributed by atoms with Gasteiger partial charge in [0.25, 0.3) is 0 Å². The third kappa shape index (κ3) is 2.54. The summed E-state index contributed by atoms with van der Waals surface area (Å²) in [4.78, 5) is 19.7. The van der Waals surface area contributed by atoms with Gasteiger partial charge in [-0.25, -0.2) is 9.78 Å². The van der Waals surface area contributed by atoms with Crippen LogP contribution in [0.5, 0.6) is 0 Å². The average Bonchev–Trinajstić information content (AvgIpc) is 2.91. The van der Waals surface area contributed by atoms with Gasteiger partial charge in [0.1, 0.15) is 5.82 Å². The third-order valence-corrected chi connectivity index (χ3v) is 3.62. The Morgan fingerprint density at radius 3 is 3.00 bits per heavy atom. The van der Waals surface area contributed by atoms with Crippen LogP contribution in [0.4, 0.5) is 0 Å². The number of hydrogen-bond acceptors (Lipinski definition) is 4. The molecule has 1 saturated heterocycles. The Kier molecular flexibility index (Phi) is 3.69. The molecule has 1 fully saturated rings. The lowest BCUT2D eigenvalue weighted by Gasteiger charge is -2.19. The van der Waals surface area contributed by atoms with E-state index in [2.05, 4.69) is 9.97 Å². The molecule has 1 aliphatic rings. The second-order valence-corrected chi connectivity index (χ2v) is 4.96. The van der Waals surface area contributed by atoms with Crippen molar-refractivity contribution in [2.45, 2.75) is 25.7 Å². The molecule has 1 aliphatic heterocycles. The fourth-order valence-corrected chi connectivity index (χ4v) is 2.54. The molecule has 0 unspecified atom stereocenters. The standard InChI is InChI=1S/C15H18N2O3/c1-2-20-15(18)11-3-4-12-13(9-11)17-14(16-12)10-5-7-19-8-6-10/h3-4,9-10H,2,5-8H2,1H3,(H,16,17). The van der Waals surface area contributed by atoms with Crippen LogP contribution in [0.1, 0.15) is 41.9 Å². The number of hydrogen-bond donors (Lipinski definition) is 1. The molecule has 5 heteroatoms. The number of H-pyrrole nitrogens is 1. The predicted octanol–water partition coefficient (Wildman–Crippen LogP) is 2.63. The van der Waals surface area contributed by atoms with Gasteiger partial charge in [0.15, 0.2) is 0 Å². The number of carbonyl (C=O) groups is 1. The first-order valence-electron chi connectivity index (χ1n) is 7.02. The summed E-state index contributed by atoms with van der Waals surface area (Å²) in [6.07, 6.45) is 1.98. The minimum Gasteiger partial charge on any atom is -0.462 e. The Balaban J connectivity index is 1.88. The van der Waals surface area contributed by atoms with E-state index in [0.717, 1.165) is 42.9 Å². The molecule has 1 aromatic heterocycles. The fourth-order valence-electron chi connectivity index (χ4n) is 2.54. The number of aromatic nitrogens is 2. The van der Waals surface area contributed by atoms with E-state index in [1.165, 1.54) is 0 Å². The Morgan fingerprint density at radius 1 is 1.45 bits per heavy atom. The second kappa shape index (κ2) is 5.63. The Hall–Kier alpha value is -1.88. The van der Waals surface area contributed by atoms with Gasteiger partial charge in [-0.1, -0.05) is 0 Å². The molecule has 0 aliphatic carbocycles. The highest BCUT2D eigenvalue weighted by molar-refractivity contribution is 5.93. The summed E-state index contributed by atoms with van der Waals surface area (Å²) in [7, 11) is 0. The van der Waals surface area contributed by atoms with E-state index in [-0.39, 0.29) is 5.97 Å². The van der Waals surface area contributed by atoms with Crippen LogP contribution in [-0.4, -0.2) is 35.8 Å². The summed E-state index contributed by atoms with van der Waals surface area (Å²) in [6, 6.07) is 5.43. The van der Waals surface area contributed by atoms with Crippen molar-refractivity contribution < 1.29 is 14.3 Å². The number of fused-ring (bicyclic) bond motifs is 1. The number of imidazole rings is 1. The van der Waals surface area contributed by atoms with Crippen molar-refractivity contribution in [2.75, 3.05) is 19.8 Å². The van der Waals surface area contributed by atoms with E-state index in [9.17, 15) is 4.79 Å². The normalized spacial score (nSPS) is 16.4. The van der Waals surface area contributed by atoms with Gasteiger partial charge in [-0.05, 0) is 38.0 Å². The van der Waals surface area contributed by atoms with Gasteiger partial charge in [-0.15, -0.1) is 0 Å². The smallest absolute Gasteiger partial charge is 0.338 e. The molecule has 0 bridgehead atoms. The van der Waals surface area contributed by atoms with Crippen LogP contribution in [0.2, 0.25) is 0 Å². The van der Waals surface area contributed by atoms with E-state index in [1.54, 1.807) is 13.0 Å². The first-order valence-corrected chi connectivity index (χ1v) is 7.02. The molecule has 0 atom stereocenters. The second-order valence-electron chi connectivity index (χ2n) is 4.96. The molecule has 2 aromatic rings. The summed E-state index contributed by atoms with van der Waals surface area (Å²) in [5.41, 5.74) is 2.33. The van der Waals surface area contributed by atoms with Crippen LogP contribution in [0.25, 0.3) is 11.0 Å². The van der Waals surface area contributed by atoms with Gasteiger partial charge >= 0.3 is 5.97 Å². The van der Waals surface area contributed by atoms with Crippen LogP contribution >= 0.6 is 0 Å². The summed E-state index contributed by atoms with van der Waals surface area (Å²) >= 11 is 0. The lowest BCUT2D eigenvalue weighted by Crippen LogP contribution is -2.15. The SMILES string of the molecule is CCOC(=O)c1ccc2nc(C3CCOCC3)[nH]c2c1. The van der Waals surface area contributed by atoms with Gasteiger partial charge in [-0.2, -0.15) is 0 Å². The van der Waals surface area contributed by atoms with Crippen molar-refractivity contribution in [2.24, 2.45) is 0 Å². The Labute approximate surface area is 117 Å². The molecule has 1 N–H and O–H groups in total. The molecule has 20 heavy (non-hydrogen) atoms. The van der Waals surface area contributed by atoms with Crippen LogP contribution < -0.4 is 0 Å². The van der Waals surface area contributed by atoms with E-state index in [4.69, 9.17) is 9.47 Å². The van der Waals surface area contributed by atoms with Crippen LogP contribution in [0.15, 0.2) is 18.2 Å². The number of rotatable bonds is 3. The maximum Gasteiger partial charge on any atom is 0.338 e. The van der Waals surface area contributed by atoms with E-state index in [1.807, 2.05) is 12.1 Å². The number of esters is 1. The molecule has 0 amide bonds. The minimum absolute atomic E-state index is 0.295. The topological polar surface area (TPSA) is 64.2 Å². The summed E-state index contributed by atoms with van der Waals surface area (Å²) in [6.45, 7) is 3.76. The van der Waals surface area contributed by atoms with Gasteiger partial charge in [0.05, 0.1) is 23.2 Å². The molecule has 1 aromatic carbocycles. The van der Waals surface area contributed by atoms with Crippen LogP contribution in [0.3, 0.4) is 0 Å². The van der Waals surface area contributed by atoms with Crippen LogP contribution in [0, 0.1) is 0 Å². The third-order valence-electron chi connectivity index (χ3n) is 3.62. The van der Waals surface area contributed by atoms with Gasteiger partial charge in [-0.3, -0.25) is 0 Å². The first-order chi connectivity index (χ1) is 9.78. The Bertz CT molecular complexity index is 615. The Morgan fingerprint density at radius 2 is 2.25 bits per heavy atom. The lowest BCUT2D eigenvalue weighted by molar-refractivity contribution is 0.0526. The summed E-state index contributed by atoms with van der Waals surface area (Å²) < 4.78 is 10.4. The highest BCUT2D eigenvalue weighted by Crippen LogP contribution is 2.26. The first kappa shape index (κ1) is 13.1. The maximum atomic E-state index is 11.7. The fraction of sp³-hybridized carbons (Fsp3) is 0.467. The number of aromatic amines is 1. The molecule has 0 spiro atoms. The largest absolute Gasteiger partial charge is 0.462 e. The molecule has 0 radical (unpaired) electrons. The minimum atomic E-state index is -0.295. The zero-order chi connectivity index (χ0) is 13.9. The van der Waals surface area contributed by atoms with Gasteiger partial charge in [0.2, 0.25) is 0 Å². The quantitative estimate of drug-likeness (QED) is 0.874. The molecule has 106 valence electrons. The summed E-state index contributed by atoms with van der Waals surface area (Å²) in [5, 5.41) is 0. The highest BCUT2D eigenvalue weighted by Gasteiger charge is 2.19. The molecule has 5 nitrogen and oxygen atoms in total. The number of ether oxygens (including phenoxy) is 2. The average molecular weight is 274 g/mol. The number of benzene rings is 1. The maximum absolute atomic E-state index is 11.7.